The van der Waals surface area contributed by atoms with Gasteiger partial charge in [-0.3, -0.25) is 4.79 Å². The van der Waals surface area contributed by atoms with E-state index < -0.39 is 0 Å². The lowest BCUT2D eigenvalue weighted by Gasteiger charge is -2.23. The Kier molecular flexibility index (Phi) is 11.0. The van der Waals surface area contributed by atoms with Gasteiger partial charge in [0.05, 0.1) is 37.2 Å². The molecule has 1 amide bonds. The number of carbonyl (C=O) groups excluding carboxylic acids is 2. The summed E-state index contributed by atoms with van der Waals surface area (Å²) in [6.45, 7) is 2.13. The van der Waals surface area contributed by atoms with Crippen LogP contribution in [0.4, 0.5) is 5.95 Å². The van der Waals surface area contributed by atoms with Crippen LogP contribution in [0.5, 0.6) is 5.75 Å². The van der Waals surface area contributed by atoms with E-state index in [0.29, 0.717) is 28.8 Å². The summed E-state index contributed by atoms with van der Waals surface area (Å²) in [5.74, 6) is 1.22. The van der Waals surface area contributed by atoms with Crippen LogP contribution in [0.1, 0.15) is 34.3 Å². The molecule has 1 aromatic heterocycles. The maximum absolute atomic E-state index is 12.5. The Labute approximate surface area is 245 Å². The van der Waals surface area contributed by atoms with Gasteiger partial charge in [-0.15, -0.1) is 0 Å². The molecule has 0 bridgehead atoms. The second-order valence-electron chi connectivity index (χ2n) is 9.87. The maximum Gasteiger partial charge on any atom is 0.254 e. The molecule has 1 saturated heterocycles. The van der Waals surface area contributed by atoms with E-state index in [1.165, 1.54) is 4.90 Å². The molecule has 2 aliphatic heterocycles. The van der Waals surface area contributed by atoms with Crippen LogP contribution in [-0.4, -0.2) is 84.8 Å². The summed E-state index contributed by atoms with van der Waals surface area (Å²) in [6, 6.07) is 13.8. The number of benzene rings is 2. The first-order chi connectivity index (χ1) is 19.9. The Morgan fingerprint density at radius 3 is 2.76 bits per heavy atom. The first kappa shape index (κ1) is 30.4. The number of fused-ring (bicyclic) bond motifs is 1. The van der Waals surface area contributed by atoms with Crippen LogP contribution in [0.15, 0.2) is 48.7 Å². The molecule has 2 aliphatic rings. The third-order valence-electron chi connectivity index (χ3n) is 7.10. The normalized spacial score (nSPS) is 15.5. The largest absolute Gasteiger partial charge is 0.497 e. The number of hydrogen-bond donors (Lipinski definition) is 3. The molecule has 1 atom stereocenters. The minimum atomic E-state index is -0.148. The zero-order valence-corrected chi connectivity index (χ0v) is 24.1. The Bertz CT molecular complexity index is 1330. The number of anilines is 1. The number of carbonyl (C=O) groups is 2. The topological polar surface area (TPSA) is 126 Å². The summed E-state index contributed by atoms with van der Waals surface area (Å²) in [5, 5.41) is 15.8. The maximum atomic E-state index is 12.5. The molecule has 0 aliphatic carbocycles. The number of aliphatic hydroxyl groups excluding tert-OH is 1. The summed E-state index contributed by atoms with van der Waals surface area (Å²) in [7, 11) is 3.50. The average Bonchev–Trinajstić information content (AvgIpc) is 3.32. The van der Waals surface area contributed by atoms with Crippen molar-refractivity contribution in [2.24, 2.45) is 0 Å². The second kappa shape index (κ2) is 14.9. The van der Waals surface area contributed by atoms with Crippen LogP contribution in [0.2, 0.25) is 5.02 Å². The van der Waals surface area contributed by atoms with Crippen molar-refractivity contribution in [3.63, 3.8) is 0 Å². The number of halogens is 1. The molecule has 0 radical (unpaired) electrons. The van der Waals surface area contributed by atoms with E-state index in [4.69, 9.17) is 26.2 Å². The molecule has 1 fully saturated rings. The van der Waals surface area contributed by atoms with Crippen molar-refractivity contribution in [3.8, 4) is 17.0 Å². The van der Waals surface area contributed by atoms with Crippen molar-refractivity contribution in [2.45, 2.75) is 37.9 Å². The highest BCUT2D eigenvalue weighted by molar-refractivity contribution is 6.33. The van der Waals surface area contributed by atoms with E-state index in [9.17, 15) is 9.59 Å². The molecule has 10 nitrogen and oxygen atoms in total. The fourth-order valence-corrected chi connectivity index (χ4v) is 4.95. The zero-order valence-electron chi connectivity index (χ0n) is 23.3. The molecule has 218 valence electrons. The van der Waals surface area contributed by atoms with Gasteiger partial charge in [-0.2, -0.15) is 0 Å². The average molecular weight is 582 g/mol. The molecule has 0 saturated carbocycles. The molecular formula is C30H36ClN5O5. The predicted octanol–water partition coefficient (Wildman–Crippen LogP) is 3.36. The monoisotopic (exact) mass is 581 g/mol. The molecule has 1 unspecified atom stereocenters. The molecule has 3 aromatic rings. The van der Waals surface area contributed by atoms with E-state index in [0.717, 1.165) is 61.2 Å². The lowest BCUT2D eigenvalue weighted by atomic mass is 10.0. The van der Waals surface area contributed by atoms with Crippen molar-refractivity contribution >= 4 is 29.7 Å². The number of amides is 1. The summed E-state index contributed by atoms with van der Waals surface area (Å²) in [5.41, 5.74) is 3.97. The number of aromatic nitrogens is 2. The molecule has 5 rings (SSSR count). The van der Waals surface area contributed by atoms with Crippen LogP contribution >= 0.6 is 11.6 Å². The van der Waals surface area contributed by atoms with Crippen LogP contribution in [0, 0.1) is 0 Å². The van der Waals surface area contributed by atoms with Gasteiger partial charge in [-0.25, -0.2) is 9.97 Å². The summed E-state index contributed by atoms with van der Waals surface area (Å²) in [6.07, 6.45) is 4.92. The Hall–Kier alpha value is -3.57. The molecular weight excluding hydrogens is 546 g/mol. The lowest BCUT2D eigenvalue weighted by Crippen LogP contribution is -2.31. The van der Waals surface area contributed by atoms with E-state index in [1.54, 1.807) is 19.4 Å². The quantitative estimate of drug-likeness (QED) is 0.309. The van der Waals surface area contributed by atoms with Crippen LogP contribution in [0.3, 0.4) is 0 Å². The zero-order chi connectivity index (χ0) is 29.2. The first-order valence-corrected chi connectivity index (χ1v) is 14.0. The second-order valence-corrected chi connectivity index (χ2v) is 10.3. The molecule has 3 N–H and O–H groups in total. The van der Waals surface area contributed by atoms with E-state index >= 15 is 0 Å². The SMILES string of the molecule is CNC(CO)Cc1cccc(OC)c1.O=CCN1Cc2ccc(-c3nc(NC4CCOCC4)ncc3Cl)cc2C1=O. The van der Waals surface area contributed by atoms with Gasteiger partial charge in [0.15, 0.2) is 0 Å². The van der Waals surface area contributed by atoms with Gasteiger partial charge in [0.2, 0.25) is 5.95 Å². The lowest BCUT2D eigenvalue weighted by molar-refractivity contribution is -0.108. The van der Waals surface area contributed by atoms with E-state index in [2.05, 4.69) is 20.6 Å². The number of aldehydes is 1. The Morgan fingerprint density at radius 1 is 1.24 bits per heavy atom. The molecule has 41 heavy (non-hydrogen) atoms. The third kappa shape index (κ3) is 8.01. The minimum Gasteiger partial charge on any atom is -0.497 e. The third-order valence-corrected chi connectivity index (χ3v) is 7.38. The number of ether oxygens (including phenoxy) is 2. The first-order valence-electron chi connectivity index (χ1n) is 13.6. The van der Waals surface area contributed by atoms with Crippen molar-refractivity contribution in [3.05, 3.63) is 70.4 Å². The fraction of sp³-hybridized carbons (Fsp3) is 0.400. The molecule has 11 heteroatoms. The highest BCUT2D eigenvalue weighted by Gasteiger charge is 2.27. The van der Waals surface area contributed by atoms with Crippen LogP contribution in [-0.2, 0) is 22.5 Å². The summed E-state index contributed by atoms with van der Waals surface area (Å²) >= 11 is 6.32. The van der Waals surface area contributed by atoms with Crippen molar-refractivity contribution in [2.75, 3.05) is 45.8 Å². The number of nitrogens with one attached hydrogen (secondary N) is 2. The molecule has 0 spiro atoms. The van der Waals surface area contributed by atoms with Gasteiger partial charge in [-0.05, 0) is 55.6 Å². The van der Waals surface area contributed by atoms with E-state index in [1.807, 2.05) is 43.4 Å². The fourth-order valence-electron chi connectivity index (χ4n) is 4.75. The molecule has 2 aromatic carbocycles. The number of nitrogens with zero attached hydrogens (tertiary/aromatic N) is 3. The number of aliphatic hydroxyl groups is 1. The number of likely N-dealkylation sites (N-methyl/N-ethyl adjacent to an activating group) is 1. The van der Waals surface area contributed by atoms with Crippen molar-refractivity contribution in [1.82, 2.24) is 20.2 Å². The van der Waals surface area contributed by atoms with Gasteiger partial charge in [0.1, 0.15) is 12.0 Å². The predicted molar refractivity (Wildman–Crippen MR) is 157 cm³/mol. The summed E-state index contributed by atoms with van der Waals surface area (Å²) < 4.78 is 10.5. The van der Waals surface area contributed by atoms with Gasteiger partial charge in [0.25, 0.3) is 5.91 Å². The van der Waals surface area contributed by atoms with Crippen molar-refractivity contribution in [1.29, 1.82) is 0 Å². The van der Waals surface area contributed by atoms with Gasteiger partial charge < -0.3 is 34.9 Å². The Balaban J connectivity index is 0.000000234. The number of hydrogen-bond acceptors (Lipinski definition) is 9. The van der Waals surface area contributed by atoms with E-state index in [-0.39, 0.29) is 31.1 Å². The number of methoxy groups -OCH3 is 1. The van der Waals surface area contributed by atoms with Crippen LogP contribution < -0.4 is 15.4 Å². The smallest absolute Gasteiger partial charge is 0.254 e. The minimum absolute atomic E-state index is 0.0935. The highest BCUT2D eigenvalue weighted by Crippen LogP contribution is 2.31. The molecule has 3 heterocycles. The highest BCUT2D eigenvalue weighted by atomic mass is 35.5. The Morgan fingerprint density at radius 2 is 2.05 bits per heavy atom. The standard InChI is InChI=1S/C19H19ClN4O3.C11H17NO2/c20-16-10-21-19(22-14-3-7-27-8-4-14)23-17(16)12-1-2-13-11-24(5-6-25)18(26)15(13)9-12;1-12-10(8-13)6-9-4-3-5-11(7-9)14-2/h1-2,6,9-10,14H,3-5,7-8,11H2,(H,21,22,23);3-5,7,10,12-13H,6,8H2,1-2H3. The van der Waals surface area contributed by atoms with Gasteiger partial charge in [-0.1, -0.05) is 35.9 Å². The van der Waals surface area contributed by atoms with Crippen LogP contribution in [0.25, 0.3) is 11.3 Å². The van der Waals surface area contributed by atoms with Gasteiger partial charge in [0, 0.05) is 43.0 Å². The van der Waals surface area contributed by atoms with Gasteiger partial charge >= 0.3 is 0 Å². The summed E-state index contributed by atoms with van der Waals surface area (Å²) in [4.78, 5) is 33.6. The van der Waals surface area contributed by atoms with Crippen molar-refractivity contribution < 1.29 is 24.2 Å². The number of rotatable bonds is 10.